The Morgan fingerprint density at radius 1 is 0.578 bits per heavy atom. The molecule has 15 atom stereocenters. The molecule has 0 bridgehead atoms. The summed E-state index contributed by atoms with van der Waals surface area (Å²) in [4.78, 5) is 31.2. The van der Waals surface area contributed by atoms with E-state index in [2.05, 4.69) is 0 Å². The molecule has 0 spiro atoms. The van der Waals surface area contributed by atoms with Gasteiger partial charge in [-0.25, -0.2) is 9.13 Å². The van der Waals surface area contributed by atoms with Gasteiger partial charge in [0.1, 0.15) is 54.9 Å². The summed E-state index contributed by atoms with van der Waals surface area (Å²) in [6, 6.07) is 0. The first-order valence-corrected chi connectivity index (χ1v) is 19.2. The van der Waals surface area contributed by atoms with Gasteiger partial charge in [-0.2, -0.15) is 0 Å². The molecule has 3 saturated heterocycles. The van der Waals surface area contributed by atoms with Crippen molar-refractivity contribution in [3.05, 3.63) is 0 Å². The molecule has 0 aromatic rings. The van der Waals surface area contributed by atoms with Crippen LogP contribution < -0.4 is 0 Å². The van der Waals surface area contributed by atoms with E-state index in [1.54, 1.807) is 13.8 Å². The predicted octanol–water partition coefficient (Wildman–Crippen LogP) is 0.839. The van der Waals surface area contributed by atoms with Gasteiger partial charge in [-0.1, -0.05) is 13.8 Å². The van der Waals surface area contributed by atoms with Gasteiger partial charge in [-0.15, -0.1) is 0 Å². The molecule has 3 fully saturated rings. The SMILES string of the molecule is CC(C)O[C@@H]1CO[C@@H](C)[C@H](OP(=O)(O)O[C@@H]2CO[C@@H](C)[C@H](OP(=O)(O)O[C@@H]3CO[C@@H](C)[C@H](OP(=O)(O)C(C)C)[C@@H]3O)[C@@H]2O)[C@@H]1O. The minimum atomic E-state index is -5.15. The van der Waals surface area contributed by atoms with E-state index < -0.39 is 115 Å². The van der Waals surface area contributed by atoms with Crippen molar-refractivity contribution < 1.29 is 85.3 Å². The van der Waals surface area contributed by atoms with Crippen molar-refractivity contribution in [3.8, 4) is 0 Å². The maximum atomic E-state index is 13.0. The van der Waals surface area contributed by atoms with Crippen LogP contribution in [0.5, 0.6) is 0 Å². The second-order valence-electron chi connectivity index (χ2n) is 11.9. The Bertz CT molecular complexity index is 1110. The summed E-state index contributed by atoms with van der Waals surface area (Å²) >= 11 is 0. The summed E-state index contributed by atoms with van der Waals surface area (Å²) in [5, 5.41) is 32.4. The lowest BCUT2D eigenvalue weighted by molar-refractivity contribution is -0.207. The third kappa shape index (κ3) is 10.5. The lowest BCUT2D eigenvalue weighted by atomic mass is 10.0. The first-order valence-electron chi connectivity index (χ1n) is 14.6. The highest BCUT2D eigenvalue weighted by Gasteiger charge is 2.50. The van der Waals surface area contributed by atoms with Gasteiger partial charge in [0.25, 0.3) is 0 Å². The molecule has 0 amide bonds. The lowest BCUT2D eigenvalue weighted by Crippen LogP contribution is -2.55. The Balaban J connectivity index is 1.65. The van der Waals surface area contributed by atoms with Gasteiger partial charge in [-0.05, 0) is 34.6 Å². The second kappa shape index (κ2) is 15.8. The molecule has 0 radical (unpaired) electrons. The van der Waals surface area contributed by atoms with Crippen LogP contribution in [0.2, 0.25) is 0 Å². The molecule has 0 aromatic carbocycles. The van der Waals surface area contributed by atoms with E-state index in [0.29, 0.717) is 0 Å². The maximum absolute atomic E-state index is 13.0. The van der Waals surface area contributed by atoms with Crippen molar-refractivity contribution in [2.24, 2.45) is 0 Å². The molecule has 0 saturated carbocycles. The van der Waals surface area contributed by atoms with Crippen LogP contribution in [0, 0.1) is 0 Å². The molecule has 266 valence electrons. The van der Waals surface area contributed by atoms with Crippen molar-refractivity contribution in [3.63, 3.8) is 0 Å². The van der Waals surface area contributed by atoms with Gasteiger partial charge in [-0.3, -0.25) is 27.2 Å². The predicted molar refractivity (Wildman–Crippen MR) is 153 cm³/mol. The summed E-state index contributed by atoms with van der Waals surface area (Å²) in [5.74, 6) is 0. The van der Waals surface area contributed by atoms with Crippen LogP contribution >= 0.6 is 23.2 Å². The molecule has 6 N–H and O–H groups in total. The second-order valence-corrected chi connectivity index (χ2v) is 17.0. The fourth-order valence-electron chi connectivity index (χ4n) is 4.88. The fourth-order valence-corrected chi connectivity index (χ4v) is 8.13. The molecule has 18 nitrogen and oxygen atoms in total. The Morgan fingerprint density at radius 3 is 1.27 bits per heavy atom. The minimum absolute atomic E-state index is 0.0171. The van der Waals surface area contributed by atoms with Gasteiger partial charge in [0.2, 0.25) is 0 Å². The molecule has 3 unspecified atom stereocenters. The number of phosphoric ester groups is 2. The number of aliphatic hydroxyl groups is 3. The van der Waals surface area contributed by atoms with E-state index in [1.165, 1.54) is 34.6 Å². The number of hydrogen-bond donors (Lipinski definition) is 6. The third-order valence-corrected chi connectivity index (χ3v) is 11.5. The molecule has 3 rings (SSSR count). The van der Waals surface area contributed by atoms with E-state index in [-0.39, 0.29) is 12.7 Å². The number of rotatable bonds is 13. The van der Waals surface area contributed by atoms with Crippen molar-refractivity contribution in [1.82, 2.24) is 0 Å². The van der Waals surface area contributed by atoms with Gasteiger partial charge in [0.05, 0.1) is 49.9 Å². The largest absolute Gasteiger partial charge is 0.473 e. The average molecular weight is 717 g/mol. The van der Waals surface area contributed by atoms with Crippen molar-refractivity contribution in [2.45, 2.75) is 133 Å². The molecule has 45 heavy (non-hydrogen) atoms. The fraction of sp³-hybridized carbons (Fsp3) is 1.00. The van der Waals surface area contributed by atoms with E-state index in [9.17, 15) is 43.7 Å². The Hall–Kier alpha value is 0.0900. The Morgan fingerprint density at radius 2 is 0.911 bits per heavy atom. The number of phosphoric acid groups is 2. The Labute approximate surface area is 261 Å². The molecule has 0 aliphatic carbocycles. The zero-order valence-corrected chi connectivity index (χ0v) is 28.8. The zero-order chi connectivity index (χ0) is 34.1. The highest BCUT2D eigenvalue weighted by Crippen LogP contribution is 2.53. The van der Waals surface area contributed by atoms with Crippen LogP contribution in [0.4, 0.5) is 0 Å². The van der Waals surface area contributed by atoms with Crippen LogP contribution in [0.1, 0.15) is 48.5 Å². The van der Waals surface area contributed by atoms with Crippen LogP contribution in [-0.2, 0) is 55.3 Å². The number of hydrogen-bond acceptors (Lipinski definition) is 15. The van der Waals surface area contributed by atoms with Gasteiger partial charge in [0, 0.05) is 0 Å². The molecular formula is C24H47O18P3. The molecular weight excluding hydrogens is 669 g/mol. The van der Waals surface area contributed by atoms with E-state index in [1.807, 2.05) is 0 Å². The summed E-state index contributed by atoms with van der Waals surface area (Å²) in [5.41, 5.74) is -0.810. The number of ether oxygens (including phenoxy) is 4. The maximum Gasteiger partial charge on any atom is 0.473 e. The quantitative estimate of drug-likeness (QED) is 0.144. The summed E-state index contributed by atoms with van der Waals surface area (Å²) in [6.45, 7) is 9.88. The highest BCUT2D eigenvalue weighted by molar-refractivity contribution is 7.53. The first kappa shape index (κ1) is 39.5. The monoisotopic (exact) mass is 716 g/mol. The van der Waals surface area contributed by atoms with Crippen LogP contribution in [0.15, 0.2) is 0 Å². The Kier molecular flexibility index (Phi) is 13.8. The van der Waals surface area contributed by atoms with Crippen molar-refractivity contribution in [2.75, 3.05) is 19.8 Å². The highest BCUT2D eigenvalue weighted by atomic mass is 31.2. The van der Waals surface area contributed by atoms with E-state index >= 15 is 0 Å². The van der Waals surface area contributed by atoms with E-state index in [4.69, 9.17) is 41.6 Å². The van der Waals surface area contributed by atoms with Crippen LogP contribution in [0.25, 0.3) is 0 Å². The standard InChI is InChI=1S/C24H47O18P3/c1-11(2)37-16-8-34-14(6)23(19(16)25)41-44(30,31)39-18-10-36-15(7)24(21(18)27)42-45(32,33)38-17-9-35-13(5)22(20(17)26)40-43(28,29)12(3)4/h11-27H,8-10H2,1-7H3,(H,28,29)(H,30,31)(H,32,33)/t13-,14-,15-,16+,17+,18+,19+,20+,21+,22-,23-,24-/m0/s1. The zero-order valence-electron chi connectivity index (χ0n) is 26.1. The molecule has 3 heterocycles. The van der Waals surface area contributed by atoms with Crippen molar-refractivity contribution in [1.29, 1.82) is 0 Å². The topological polar surface area (TPSA) is 256 Å². The summed E-state index contributed by atoms with van der Waals surface area (Å²) < 4.78 is 86.2. The van der Waals surface area contributed by atoms with Crippen LogP contribution in [-0.4, -0.2) is 135 Å². The molecule has 0 aromatic heterocycles. The number of aliphatic hydroxyl groups excluding tert-OH is 3. The molecule has 3 aliphatic heterocycles. The first-order chi connectivity index (χ1) is 20.6. The van der Waals surface area contributed by atoms with Crippen molar-refractivity contribution >= 4 is 23.2 Å². The minimum Gasteiger partial charge on any atom is -0.387 e. The van der Waals surface area contributed by atoms with Gasteiger partial charge >= 0.3 is 23.2 Å². The van der Waals surface area contributed by atoms with E-state index in [0.717, 1.165) is 0 Å². The smallest absolute Gasteiger partial charge is 0.387 e. The molecule has 21 heteroatoms. The lowest BCUT2D eigenvalue weighted by Gasteiger charge is -2.42. The normalized spacial score (nSPS) is 42.2. The summed E-state index contributed by atoms with van der Waals surface area (Å²) in [7, 11) is -14.4. The van der Waals surface area contributed by atoms with Gasteiger partial charge in [0.15, 0.2) is 0 Å². The molecule has 3 aliphatic rings. The summed E-state index contributed by atoms with van der Waals surface area (Å²) in [6.07, 6.45) is -16.4. The third-order valence-electron chi connectivity index (χ3n) is 7.53. The van der Waals surface area contributed by atoms with Gasteiger partial charge < -0.3 is 48.9 Å². The average Bonchev–Trinajstić information content (AvgIpc) is 2.91. The van der Waals surface area contributed by atoms with Crippen LogP contribution in [0.3, 0.4) is 0 Å².